The molecule has 0 N–H and O–H groups in total. The fourth-order valence-corrected chi connectivity index (χ4v) is 3.14. The van der Waals surface area contributed by atoms with E-state index < -0.39 is 0 Å². The van der Waals surface area contributed by atoms with Crippen molar-refractivity contribution in [2.75, 3.05) is 19.8 Å². The van der Waals surface area contributed by atoms with E-state index in [1.54, 1.807) is 6.07 Å². The SMILES string of the molecule is Fc1ccc(OC2CCOC3(CCOC3)C2)c(Br)c1. The van der Waals surface area contributed by atoms with E-state index in [0.717, 1.165) is 25.9 Å². The summed E-state index contributed by atoms with van der Waals surface area (Å²) in [6, 6.07) is 4.49. The molecule has 2 aliphatic rings. The number of hydrogen-bond donors (Lipinski definition) is 0. The molecule has 3 rings (SSSR count). The summed E-state index contributed by atoms with van der Waals surface area (Å²) in [6.45, 7) is 2.09. The Labute approximate surface area is 120 Å². The van der Waals surface area contributed by atoms with E-state index in [4.69, 9.17) is 14.2 Å². The van der Waals surface area contributed by atoms with Crippen LogP contribution in [0.15, 0.2) is 22.7 Å². The van der Waals surface area contributed by atoms with Crippen LogP contribution in [-0.2, 0) is 9.47 Å². The van der Waals surface area contributed by atoms with Crippen molar-refractivity contribution in [3.8, 4) is 5.75 Å². The Morgan fingerprint density at radius 3 is 3.00 bits per heavy atom. The van der Waals surface area contributed by atoms with Crippen LogP contribution in [0.5, 0.6) is 5.75 Å². The number of benzene rings is 1. The van der Waals surface area contributed by atoms with Crippen LogP contribution in [0, 0.1) is 5.82 Å². The fraction of sp³-hybridized carbons (Fsp3) is 0.571. The topological polar surface area (TPSA) is 27.7 Å². The van der Waals surface area contributed by atoms with Gasteiger partial charge in [0.1, 0.15) is 17.7 Å². The van der Waals surface area contributed by atoms with E-state index in [1.165, 1.54) is 12.1 Å². The van der Waals surface area contributed by atoms with Gasteiger partial charge in [-0.1, -0.05) is 0 Å². The monoisotopic (exact) mass is 330 g/mol. The average Bonchev–Trinajstić information content (AvgIpc) is 2.81. The van der Waals surface area contributed by atoms with Gasteiger partial charge in [0, 0.05) is 25.9 Å². The Morgan fingerprint density at radius 1 is 1.37 bits per heavy atom. The van der Waals surface area contributed by atoms with Crippen LogP contribution in [-0.4, -0.2) is 31.5 Å². The van der Waals surface area contributed by atoms with Gasteiger partial charge in [0.25, 0.3) is 0 Å². The third-order valence-electron chi connectivity index (χ3n) is 3.70. The van der Waals surface area contributed by atoms with Gasteiger partial charge in [-0.25, -0.2) is 4.39 Å². The minimum absolute atomic E-state index is 0.0946. The van der Waals surface area contributed by atoms with Crippen molar-refractivity contribution < 1.29 is 18.6 Å². The van der Waals surface area contributed by atoms with Gasteiger partial charge in [-0.2, -0.15) is 0 Å². The molecule has 2 atom stereocenters. The minimum Gasteiger partial charge on any atom is -0.489 e. The van der Waals surface area contributed by atoms with E-state index in [0.29, 0.717) is 23.4 Å². The molecule has 5 heteroatoms. The standard InChI is InChI=1S/C14H16BrFO3/c15-12-7-10(16)1-2-13(12)19-11-3-5-18-14(8-11)4-6-17-9-14/h1-2,7,11H,3-6,8-9H2. The average molecular weight is 331 g/mol. The first-order valence-corrected chi connectivity index (χ1v) is 7.30. The molecule has 1 aromatic carbocycles. The van der Waals surface area contributed by atoms with Gasteiger partial charge in [-0.05, 0) is 34.1 Å². The lowest BCUT2D eigenvalue weighted by Gasteiger charge is -2.37. The second kappa shape index (κ2) is 5.38. The summed E-state index contributed by atoms with van der Waals surface area (Å²) in [6.07, 6.45) is 2.71. The Bertz CT molecular complexity index is 460. The Kier molecular flexibility index (Phi) is 3.78. The maximum atomic E-state index is 13.0. The predicted molar refractivity (Wildman–Crippen MR) is 71.9 cm³/mol. The fourth-order valence-electron chi connectivity index (χ4n) is 2.70. The molecule has 2 saturated heterocycles. The minimum atomic E-state index is -0.271. The summed E-state index contributed by atoms with van der Waals surface area (Å²) in [5.41, 5.74) is -0.171. The van der Waals surface area contributed by atoms with Crippen molar-refractivity contribution in [3.05, 3.63) is 28.5 Å². The molecule has 2 heterocycles. The molecule has 0 aliphatic carbocycles. The van der Waals surface area contributed by atoms with Crippen LogP contribution in [0.1, 0.15) is 19.3 Å². The highest BCUT2D eigenvalue weighted by Gasteiger charge is 2.41. The molecule has 104 valence electrons. The lowest BCUT2D eigenvalue weighted by Crippen LogP contribution is -2.44. The van der Waals surface area contributed by atoms with E-state index in [2.05, 4.69) is 15.9 Å². The highest BCUT2D eigenvalue weighted by atomic mass is 79.9. The molecule has 0 aromatic heterocycles. The van der Waals surface area contributed by atoms with E-state index in [9.17, 15) is 4.39 Å². The number of hydrogen-bond acceptors (Lipinski definition) is 3. The van der Waals surface area contributed by atoms with Crippen LogP contribution in [0.3, 0.4) is 0 Å². The zero-order chi connectivity index (χ0) is 13.3. The lowest BCUT2D eigenvalue weighted by atomic mass is 9.91. The third-order valence-corrected chi connectivity index (χ3v) is 4.32. The summed E-state index contributed by atoms with van der Waals surface area (Å²) in [5, 5.41) is 0. The Hall–Kier alpha value is -0.650. The molecule has 3 nitrogen and oxygen atoms in total. The summed E-state index contributed by atoms with van der Waals surface area (Å²) >= 11 is 3.33. The highest BCUT2D eigenvalue weighted by molar-refractivity contribution is 9.10. The molecule has 0 bridgehead atoms. The van der Waals surface area contributed by atoms with Gasteiger partial charge in [-0.15, -0.1) is 0 Å². The normalized spacial score (nSPS) is 30.7. The van der Waals surface area contributed by atoms with Crippen LogP contribution in [0.25, 0.3) is 0 Å². The Morgan fingerprint density at radius 2 is 2.26 bits per heavy atom. The molecule has 2 fully saturated rings. The first-order valence-electron chi connectivity index (χ1n) is 6.50. The van der Waals surface area contributed by atoms with Crippen molar-refractivity contribution in [1.82, 2.24) is 0 Å². The molecule has 0 radical (unpaired) electrons. The van der Waals surface area contributed by atoms with Crippen molar-refractivity contribution in [3.63, 3.8) is 0 Å². The van der Waals surface area contributed by atoms with Crippen molar-refractivity contribution in [2.24, 2.45) is 0 Å². The van der Waals surface area contributed by atoms with Crippen LogP contribution in [0.2, 0.25) is 0 Å². The van der Waals surface area contributed by atoms with Crippen molar-refractivity contribution in [2.45, 2.75) is 31.0 Å². The highest BCUT2D eigenvalue weighted by Crippen LogP contribution is 2.36. The van der Waals surface area contributed by atoms with Crippen molar-refractivity contribution >= 4 is 15.9 Å². The van der Waals surface area contributed by atoms with Gasteiger partial charge >= 0.3 is 0 Å². The van der Waals surface area contributed by atoms with E-state index in [1.807, 2.05) is 0 Å². The quantitative estimate of drug-likeness (QED) is 0.832. The smallest absolute Gasteiger partial charge is 0.134 e. The van der Waals surface area contributed by atoms with E-state index >= 15 is 0 Å². The summed E-state index contributed by atoms with van der Waals surface area (Å²) in [5.74, 6) is 0.411. The molecule has 1 spiro atoms. The van der Waals surface area contributed by atoms with Crippen LogP contribution < -0.4 is 4.74 Å². The number of rotatable bonds is 2. The predicted octanol–water partition coefficient (Wildman–Crippen LogP) is 3.31. The second-order valence-electron chi connectivity index (χ2n) is 5.14. The third kappa shape index (κ3) is 2.93. The molecule has 0 saturated carbocycles. The summed E-state index contributed by atoms with van der Waals surface area (Å²) in [4.78, 5) is 0. The second-order valence-corrected chi connectivity index (χ2v) is 6.00. The molecule has 19 heavy (non-hydrogen) atoms. The molecule has 1 aromatic rings. The van der Waals surface area contributed by atoms with Crippen molar-refractivity contribution in [1.29, 1.82) is 0 Å². The van der Waals surface area contributed by atoms with Crippen LogP contribution in [0.4, 0.5) is 4.39 Å². The lowest BCUT2D eigenvalue weighted by molar-refractivity contribution is -0.112. The molecule has 2 aliphatic heterocycles. The number of ether oxygens (including phenoxy) is 3. The Balaban J connectivity index is 1.69. The van der Waals surface area contributed by atoms with Crippen LogP contribution >= 0.6 is 15.9 Å². The van der Waals surface area contributed by atoms with E-state index in [-0.39, 0.29) is 17.5 Å². The molecular formula is C14H16BrFO3. The first kappa shape index (κ1) is 13.3. The first-order chi connectivity index (χ1) is 9.17. The summed E-state index contributed by atoms with van der Waals surface area (Å²) < 4.78 is 31.0. The van der Waals surface area contributed by atoms with Gasteiger partial charge in [0.05, 0.1) is 23.3 Å². The summed E-state index contributed by atoms with van der Waals surface area (Å²) in [7, 11) is 0. The van der Waals surface area contributed by atoms with Gasteiger partial charge in [0.2, 0.25) is 0 Å². The zero-order valence-corrected chi connectivity index (χ0v) is 12.1. The zero-order valence-electron chi connectivity index (χ0n) is 10.5. The number of halogens is 2. The largest absolute Gasteiger partial charge is 0.489 e. The van der Waals surface area contributed by atoms with Gasteiger partial charge < -0.3 is 14.2 Å². The molecule has 2 unspecified atom stereocenters. The maximum Gasteiger partial charge on any atom is 0.134 e. The maximum absolute atomic E-state index is 13.0. The molecule has 0 amide bonds. The van der Waals surface area contributed by atoms with Gasteiger partial charge in [-0.3, -0.25) is 0 Å². The van der Waals surface area contributed by atoms with Gasteiger partial charge in [0.15, 0.2) is 0 Å². The molecular weight excluding hydrogens is 315 g/mol.